The van der Waals surface area contributed by atoms with Crippen molar-refractivity contribution in [1.82, 2.24) is 0 Å². The van der Waals surface area contributed by atoms with E-state index in [1.807, 2.05) is 0 Å². The SMILES string of the molecule is CC/C=C\C/C=C\C/C=C\C/C=C\C/C=C\C/C=C\CCCCCCCCCCCCCCC(=O)OCC(O)COP(=O)(O)OCC(O)COP(=O)(O)OCC(COC(=O)CCCCCCCCCCCCCCCCC/C=C\C/C=C\C/C=C\C/C=C\CCCCC)OC(=O)CCCCCCCC/C=C\C/C=C\C/C=C\C/C=C\C/C=C\C/C=C\CC. The summed E-state index contributed by atoms with van der Waals surface area (Å²) < 4.78 is 61.6. The van der Waals surface area contributed by atoms with Gasteiger partial charge < -0.3 is 34.2 Å². The fourth-order valence-electron chi connectivity index (χ4n) is 13.0. The minimum Gasteiger partial charge on any atom is -0.463 e. The van der Waals surface area contributed by atoms with E-state index in [-0.39, 0.29) is 19.3 Å². The molecule has 0 aliphatic rings. The third-order valence-corrected chi connectivity index (χ3v) is 22.2. The Kier molecular flexibility index (Phi) is 91.1. The number of phosphoric acid groups is 2. The summed E-state index contributed by atoms with van der Waals surface area (Å²) >= 11 is 0. The van der Waals surface area contributed by atoms with Gasteiger partial charge in [-0.05, 0) is 167 Å². The molecule has 18 heteroatoms. The highest BCUT2D eigenvalue weighted by Crippen LogP contribution is 2.45. The van der Waals surface area contributed by atoms with Crippen molar-refractivity contribution in [2.75, 3.05) is 39.6 Å². The zero-order valence-corrected chi connectivity index (χ0v) is 79.3. The zero-order chi connectivity index (χ0) is 89.3. The molecule has 0 fully saturated rings. The standard InChI is InChI=1S/C105H176O16P2/c1-4-7-10-13-16-19-22-25-28-31-34-37-40-43-45-47-49-51-53-56-58-61-64-67-70-73-76-79-82-85-88-91-103(108)115-94-100(106)95-117-122(111,112)118-96-101(107)97-119-123(113,114)120-99-102(121-105(110)93-90-87-84-81-78-75-72-69-66-63-60-55-42-39-36-33-30-27-24-21-18-15-12-9-6-3)98-116-104(109)92-89-86-83-80-77-74-71-68-65-62-59-57-54-52-50-48-46-44-41-38-35-32-29-26-23-20-17-14-11-8-5-2/h7,9-10,12,16-21,25-30,34-39,43-46,49,51,55,60,66,69,100-102,106-107H,4-6,8,11,13-15,22-24,31-33,40-42,47-48,50,52-54,56-59,61-65,67-68,70-99H2,1-3H3,(H,111,112)(H,113,114)/b10-7-,12-9-,19-16-,20-17-,21-18-,28-25-,29-26-,30-27-,37-34-,38-35-,39-36-,45-43-,46-44-,51-49-,60-55-,69-66-. The Hall–Kier alpha value is -5.61. The van der Waals surface area contributed by atoms with Crippen LogP contribution >= 0.6 is 15.6 Å². The summed E-state index contributed by atoms with van der Waals surface area (Å²) in [4.78, 5) is 59.1. The van der Waals surface area contributed by atoms with Crippen LogP contribution < -0.4 is 0 Å². The molecule has 0 heterocycles. The molecule has 0 rings (SSSR count). The van der Waals surface area contributed by atoms with Gasteiger partial charge in [0.05, 0.1) is 26.4 Å². The third kappa shape index (κ3) is 96.9. The monoisotopic (exact) mass is 1760 g/mol. The summed E-state index contributed by atoms with van der Waals surface area (Å²) in [6.07, 6.45) is 128. The molecule has 5 atom stereocenters. The number of phosphoric ester groups is 2. The smallest absolute Gasteiger partial charge is 0.463 e. The Morgan fingerprint density at radius 2 is 0.431 bits per heavy atom. The highest BCUT2D eigenvalue weighted by molar-refractivity contribution is 7.47. The molecule has 123 heavy (non-hydrogen) atoms. The maximum atomic E-state index is 13.1. The van der Waals surface area contributed by atoms with Gasteiger partial charge >= 0.3 is 33.6 Å². The number of aliphatic hydroxyl groups is 2. The van der Waals surface area contributed by atoms with Crippen LogP contribution in [0.25, 0.3) is 0 Å². The highest BCUT2D eigenvalue weighted by atomic mass is 31.2. The van der Waals surface area contributed by atoms with Crippen molar-refractivity contribution in [3.63, 3.8) is 0 Å². The number of hydrogen-bond acceptors (Lipinski definition) is 14. The number of unbranched alkanes of at least 4 members (excludes halogenated alkanes) is 36. The van der Waals surface area contributed by atoms with Crippen LogP contribution in [0.5, 0.6) is 0 Å². The highest BCUT2D eigenvalue weighted by Gasteiger charge is 2.30. The molecule has 16 nitrogen and oxygen atoms in total. The van der Waals surface area contributed by atoms with E-state index in [0.29, 0.717) is 19.3 Å². The van der Waals surface area contributed by atoms with E-state index in [9.17, 15) is 43.5 Å². The van der Waals surface area contributed by atoms with Gasteiger partial charge in [-0.3, -0.25) is 32.5 Å². The number of aliphatic hydroxyl groups excluding tert-OH is 2. The average Bonchev–Trinajstić information content (AvgIpc) is 0.898. The van der Waals surface area contributed by atoms with Crippen LogP contribution in [0.2, 0.25) is 0 Å². The van der Waals surface area contributed by atoms with Crippen molar-refractivity contribution < 1.29 is 75.8 Å². The summed E-state index contributed by atoms with van der Waals surface area (Å²) in [7, 11) is -9.83. The van der Waals surface area contributed by atoms with Crippen LogP contribution in [0.1, 0.15) is 393 Å². The minimum absolute atomic E-state index is 0.0819. The first-order chi connectivity index (χ1) is 60.2. The molecule has 0 aliphatic heterocycles. The first-order valence-corrected chi connectivity index (χ1v) is 51.7. The van der Waals surface area contributed by atoms with Gasteiger partial charge in [0.1, 0.15) is 25.4 Å². The van der Waals surface area contributed by atoms with Crippen molar-refractivity contribution in [3.8, 4) is 0 Å². The fourth-order valence-corrected chi connectivity index (χ4v) is 14.6. The number of allylic oxidation sites excluding steroid dienone is 32. The van der Waals surface area contributed by atoms with Gasteiger partial charge in [0.2, 0.25) is 0 Å². The Balaban J connectivity index is 4.65. The van der Waals surface area contributed by atoms with Gasteiger partial charge in [-0.25, -0.2) is 9.13 Å². The predicted octanol–water partition coefficient (Wildman–Crippen LogP) is 30.6. The van der Waals surface area contributed by atoms with E-state index in [4.69, 9.17) is 32.3 Å². The fraction of sp³-hybridized carbons (Fsp3) is 0.667. The molecule has 0 aromatic rings. The topological polar surface area (TPSA) is 231 Å². The molecule has 0 amide bonds. The van der Waals surface area contributed by atoms with Gasteiger partial charge in [-0.2, -0.15) is 0 Å². The molecule has 0 saturated carbocycles. The molecule has 5 unspecified atom stereocenters. The summed E-state index contributed by atoms with van der Waals surface area (Å²) in [6, 6.07) is 0. The summed E-state index contributed by atoms with van der Waals surface area (Å²) in [5.74, 6) is -1.59. The average molecular weight is 1760 g/mol. The summed E-state index contributed by atoms with van der Waals surface area (Å²) in [5.41, 5.74) is 0. The van der Waals surface area contributed by atoms with E-state index in [1.165, 1.54) is 154 Å². The lowest BCUT2D eigenvalue weighted by atomic mass is 10.0. The number of hydrogen-bond donors (Lipinski definition) is 4. The molecular weight excluding hydrogens is 1580 g/mol. The van der Waals surface area contributed by atoms with Crippen molar-refractivity contribution in [3.05, 3.63) is 194 Å². The van der Waals surface area contributed by atoms with Crippen molar-refractivity contribution in [2.24, 2.45) is 0 Å². The second kappa shape index (κ2) is 95.5. The number of ether oxygens (including phenoxy) is 3. The first-order valence-electron chi connectivity index (χ1n) is 48.7. The Morgan fingerprint density at radius 3 is 0.683 bits per heavy atom. The summed E-state index contributed by atoms with van der Waals surface area (Å²) in [5, 5.41) is 20.8. The Bertz CT molecular complexity index is 3020. The van der Waals surface area contributed by atoms with E-state index in [0.717, 1.165) is 180 Å². The minimum atomic E-state index is -4.95. The number of esters is 3. The molecule has 4 N–H and O–H groups in total. The largest absolute Gasteiger partial charge is 0.472 e. The number of rotatable bonds is 91. The van der Waals surface area contributed by atoms with Crippen LogP contribution in [0.4, 0.5) is 0 Å². The Labute approximate surface area is 750 Å². The lowest BCUT2D eigenvalue weighted by Gasteiger charge is -2.21. The van der Waals surface area contributed by atoms with Crippen molar-refractivity contribution in [2.45, 2.75) is 411 Å². The lowest BCUT2D eigenvalue weighted by molar-refractivity contribution is -0.161. The molecule has 0 aromatic carbocycles. The van der Waals surface area contributed by atoms with Gasteiger partial charge in [-0.15, -0.1) is 0 Å². The molecule has 0 aliphatic carbocycles. The van der Waals surface area contributed by atoms with E-state index >= 15 is 0 Å². The molecule has 0 radical (unpaired) electrons. The van der Waals surface area contributed by atoms with Crippen LogP contribution in [-0.4, -0.2) is 95.9 Å². The molecular formula is C105H176O16P2. The van der Waals surface area contributed by atoms with Gasteiger partial charge in [0, 0.05) is 19.3 Å². The van der Waals surface area contributed by atoms with Crippen LogP contribution in [0.3, 0.4) is 0 Å². The maximum absolute atomic E-state index is 13.1. The van der Waals surface area contributed by atoms with E-state index in [1.54, 1.807) is 0 Å². The normalized spacial score (nSPS) is 14.6. The first kappa shape index (κ1) is 117. The second-order valence-corrected chi connectivity index (χ2v) is 35.0. The summed E-state index contributed by atoms with van der Waals surface area (Å²) in [6.45, 7) is 2.45. The molecule has 0 bridgehead atoms. The quantitative estimate of drug-likeness (QED) is 0.0146. The second-order valence-electron chi connectivity index (χ2n) is 32.1. The van der Waals surface area contributed by atoms with Gasteiger partial charge in [0.15, 0.2) is 6.10 Å². The lowest BCUT2D eigenvalue weighted by Crippen LogP contribution is -2.30. The van der Waals surface area contributed by atoms with Crippen molar-refractivity contribution in [1.29, 1.82) is 0 Å². The third-order valence-electron chi connectivity index (χ3n) is 20.3. The zero-order valence-electron chi connectivity index (χ0n) is 77.5. The maximum Gasteiger partial charge on any atom is 0.472 e. The van der Waals surface area contributed by atoms with Crippen molar-refractivity contribution >= 4 is 33.6 Å². The molecule has 0 aromatic heterocycles. The molecule has 0 spiro atoms. The van der Waals surface area contributed by atoms with Crippen LogP contribution in [0.15, 0.2) is 194 Å². The van der Waals surface area contributed by atoms with Crippen LogP contribution in [0, 0.1) is 0 Å². The van der Waals surface area contributed by atoms with E-state index < -0.39 is 91.5 Å². The number of carbonyl (C=O) groups is 3. The molecule has 702 valence electrons. The predicted molar refractivity (Wildman–Crippen MR) is 518 cm³/mol. The van der Waals surface area contributed by atoms with E-state index in [2.05, 4.69) is 215 Å². The van der Waals surface area contributed by atoms with Gasteiger partial charge in [0.25, 0.3) is 0 Å². The van der Waals surface area contributed by atoms with Gasteiger partial charge in [-0.1, -0.05) is 401 Å². The van der Waals surface area contributed by atoms with Crippen LogP contribution in [-0.2, 0) is 55.8 Å². The Morgan fingerprint density at radius 1 is 0.236 bits per heavy atom. The molecule has 0 saturated heterocycles. The number of carbonyl (C=O) groups excluding carboxylic acids is 3.